The molecule has 0 aromatic heterocycles. The van der Waals surface area contributed by atoms with Crippen molar-refractivity contribution in [2.24, 2.45) is 5.41 Å². The fourth-order valence-electron chi connectivity index (χ4n) is 4.19. The minimum absolute atomic E-state index is 0.159. The molecule has 3 amide bonds. The highest BCUT2D eigenvalue weighted by Crippen LogP contribution is 2.22. The van der Waals surface area contributed by atoms with Crippen LogP contribution in [0.25, 0.3) is 0 Å². The zero-order valence-corrected chi connectivity index (χ0v) is 21.5. The molecule has 0 saturated carbocycles. The number of rotatable bonds is 9. The summed E-state index contributed by atoms with van der Waals surface area (Å²) >= 11 is 0. The van der Waals surface area contributed by atoms with Gasteiger partial charge >= 0.3 is 6.03 Å². The maximum Gasteiger partial charge on any atom is 0.322 e. The maximum absolute atomic E-state index is 13.7. The number of carbonyl (C=O) groups is 2. The first-order chi connectivity index (χ1) is 17.4. The number of para-hydroxylation sites is 2. The van der Waals surface area contributed by atoms with E-state index >= 15 is 0 Å². The number of urea groups is 1. The molecule has 0 spiro atoms. The third-order valence-electron chi connectivity index (χ3n) is 5.62. The molecule has 0 aliphatic heterocycles. The van der Waals surface area contributed by atoms with Gasteiger partial charge in [0.05, 0.1) is 11.4 Å². The summed E-state index contributed by atoms with van der Waals surface area (Å²) in [6.07, 6.45) is 0. The van der Waals surface area contributed by atoms with Crippen LogP contribution in [0.15, 0.2) is 66.7 Å². The van der Waals surface area contributed by atoms with E-state index in [4.69, 9.17) is 5.73 Å². The van der Waals surface area contributed by atoms with Crippen LogP contribution >= 0.6 is 0 Å². The van der Waals surface area contributed by atoms with Gasteiger partial charge in [0, 0.05) is 37.0 Å². The molecule has 0 aliphatic rings. The Morgan fingerprint density at radius 2 is 1.57 bits per heavy atom. The normalized spacial score (nSPS) is 11.3. The quantitative estimate of drug-likeness (QED) is 0.336. The zero-order valence-electron chi connectivity index (χ0n) is 21.5. The lowest BCUT2D eigenvalue weighted by Crippen LogP contribution is -2.44. The molecule has 0 radical (unpaired) electrons. The number of amides is 3. The number of benzene rings is 3. The molecule has 196 valence electrons. The lowest BCUT2D eigenvalue weighted by atomic mass is 9.92. The summed E-state index contributed by atoms with van der Waals surface area (Å²) in [6, 6.07) is 16.7. The second-order valence-electron chi connectivity index (χ2n) is 10.1. The van der Waals surface area contributed by atoms with Crippen LogP contribution < -0.4 is 16.4 Å². The summed E-state index contributed by atoms with van der Waals surface area (Å²) in [5.74, 6) is -2.33. The van der Waals surface area contributed by atoms with Crippen molar-refractivity contribution in [2.75, 3.05) is 43.6 Å². The van der Waals surface area contributed by atoms with Gasteiger partial charge in [-0.2, -0.15) is 0 Å². The van der Waals surface area contributed by atoms with Crippen LogP contribution in [0.4, 0.5) is 30.6 Å². The number of nitrogens with one attached hydrogen (secondary N) is 2. The number of nitrogens with two attached hydrogens (primary N) is 1. The molecule has 3 aromatic carbocycles. The number of carbonyl (C=O) groups excluding carboxylic acids is 2. The lowest BCUT2D eigenvalue weighted by molar-refractivity contribution is 0.102. The van der Waals surface area contributed by atoms with Crippen molar-refractivity contribution >= 4 is 29.0 Å². The van der Waals surface area contributed by atoms with E-state index in [1.165, 1.54) is 6.07 Å². The van der Waals surface area contributed by atoms with Gasteiger partial charge in [-0.3, -0.25) is 4.79 Å². The van der Waals surface area contributed by atoms with Gasteiger partial charge < -0.3 is 26.2 Å². The summed E-state index contributed by atoms with van der Waals surface area (Å²) in [5, 5.41) is 5.45. The summed E-state index contributed by atoms with van der Waals surface area (Å²) in [6.45, 7) is 5.47. The molecule has 37 heavy (non-hydrogen) atoms. The van der Waals surface area contributed by atoms with Crippen LogP contribution in [0.5, 0.6) is 0 Å². The van der Waals surface area contributed by atoms with E-state index in [0.29, 0.717) is 23.5 Å². The van der Waals surface area contributed by atoms with Crippen molar-refractivity contribution in [1.29, 1.82) is 0 Å². The number of hydrogen-bond donors (Lipinski definition) is 3. The van der Waals surface area contributed by atoms with Crippen LogP contribution in [-0.2, 0) is 6.54 Å². The Hall–Kier alpha value is -3.98. The van der Waals surface area contributed by atoms with E-state index in [2.05, 4.69) is 10.6 Å². The molecular weight excluding hydrogens is 476 g/mol. The minimum atomic E-state index is -1.04. The van der Waals surface area contributed by atoms with Crippen molar-refractivity contribution in [2.45, 2.75) is 20.4 Å². The Balaban J connectivity index is 1.76. The van der Waals surface area contributed by atoms with Crippen molar-refractivity contribution in [3.63, 3.8) is 0 Å². The van der Waals surface area contributed by atoms with Gasteiger partial charge in [-0.1, -0.05) is 38.1 Å². The van der Waals surface area contributed by atoms with Crippen LogP contribution in [0.2, 0.25) is 0 Å². The lowest BCUT2D eigenvalue weighted by Gasteiger charge is -2.34. The molecule has 0 bridgehead atoms. The van der Waals surface area contributed by atoms with Crippen LogP contribution in [0.3, 0.4) is 0 Å². The predicted octanol–water partition coefficient (Wildman–Crippen LogP) is 5.42. The number of halogens is 2. The number of nitrogen functional groups attached to an aromatic ring is 1. The Bertz CT molecular complexity index is 1250. The van der Waals surface area contributed by atoms with Crippen LogP contribution in [-0.4, -0.2) is 48.9 Å². The number of nitrogens with zero attached hydrogens (tertiary/aromatic N) is 2. The molecular formula is C28H33F2N5O2. The second kappa shape index (κ2) is 11.8. The van der Waals surface area contributed by atoms with E-state index < -0.39 is 17.7 Å². The molecule has 0 saturated heterocycles. The average molecular weight is 510 g/mol. The fraction of sp³-hybridized carbons (Fsp3) is 0.286. The maximum atomic E-state index is 13.7. The molecule has 3 aromatic rings. The third kappa shape index (κ3) is 8.01. The molecule has 0 unspecified atom stereocenters. The average Bonchev–Trinajstić information content (AvgIpc) is 2.82. The highest BCUT2D eigenvalue weighted by Gasteiger charge is 2.26. The predicted molar refractivity (Wildman–Crippen MR) is 143 cm³/mol. The molecule has 0 aliphatic carbocycles. The van der Waals surface area contributed by atoms with Gasteiger partial charge in [-0.05, 0) is 61.5 Å². The minimum Gasteiger partial charge on any atom is -0.397 e. The van der Waals surface area contributed by atoms with Gasteiger partial charge in [0.15, 0.2) is 11.6 Å². The molecule has 9 heteroatoms. The Kier molecular flexibility index (Phi) is 8.83. The van der Waals surface area contributed by atoms with Crippen molar-refractivity contribution < 1.29 is 18.4 Å². The summed E-state index contributed by atoms with van der Waals surface area (Å²) in [7, 11) is 3.92. The molecule has 7 nitrogen and oxygen atoms in total. The topological polar surface area (TPSA) is 90.7 Å². The van der Waals surface area contributed by atoms with Crippen LogP contribution in [0, 0.1) is 17.0 Å². The van der Waals surface area contributed by atoms with Gasteiger partial charge in [-0.15, -0.1) is 0 Å². The largest absolute Gasteiger partial charge is 0.397 e. The monoisotopic (exact) mass is 509 g/mol. The molecule has 3 rings (SSSR count). The summed E-state index contributed by atoms with van der Waals surface area (Å²) in [4.78, 5) is 29.5. The van der Waals surface area contributed by atoms with E-state index in [-0.39, 0.29) is 23.6 Å². The van der Waals surface area contributed by atoms with E-state index in [0.717, 1.165) is 24.2 Å². The fourth-order valence-corrected chi connectivity index (χ4v) is 4.19. The first-order valence-corrected chi connectivity index (χ1v) is 11.8. The molecule has 4 N–H and O–H groups in total. The molecule has 0 heterocycles. The standard InChI is InChI=1S/C28H33F2N5O2/c1-28(2,17-34(3)4)18-35(27(37)32-21-13-14-22(29)23(30)15-21)16-19-9-11-20(12-10-19)26(36)33-25-8-6-5-7-24(25)31/h5-15H,16-18,31H2,1-4H3,(H,32,37)(H,33,36). The van der Waals surface area contributed by atoms with E-state index in [9.17, 15) is 18.4 Å². The van der Waals surface area contributed by atoms with Crippen molar-refractivity contribution in [3.05, 3.63) is 89.5 Å². The van der Waals surface area contributed by atoms with Gasteiger partial charge in [0.1, 0.15) is 0 Å². The Morgan fingerprint density at radius 3 is 2.19 bits per heavy atom. The summed E-state index contributed by atoms with van der Waals surface area (Å²) < 4.78 is 27.0. The third-order valence-corrected chi connectivity index (χ3v) is 5.62. The van der Waals surface area contributed by atoms with Gasteiger partial charge in [-0.25, -0.2) is 13.6 Å². The summed E-state index contributed by atoms with van der Waals surface area (Å²) in [5.41, 5.74) is 8.04. The highest BCUT2D eigenvalue weighted by atomic mass is 19.2. The van der Waals surface area contributed by atoms with Gasteiger partial charge in [0.25, 0.3) is 5.91 Å². The SMILES string of the molecule is CN(C)CC(C)(C)CN(Cc1ccc(C(=O)Nc2ccccc2N)cc1)C(=O)Nc1ccc(F)c(F)c1. The van der Waals surface area contributed by atoms with Crippen molar-refractivity contribution in [1.82, 2.24) is 9.80 Å². The second-order valence-corrected chi connectivity index (χ2v) is 10.1. The van der Waals surface area contributed by atoms with E-state index in [1.807, 2.05) is 32.8 Å². The highest BCUT2D eigenvalue weighted by molar-refractivity contribution is 6.05. The van der Waals surface area contributed by atoms with Crippen molar-refractivity contribution in [3.8, 4) is 0 Å². The Labute approximate surface area is 216 Å². The van der Waals surface area contributed by atoms with Gasteiger partial charge in [0.2, 0.25) is 0 Å². The molecule has 0 fully saturated rings. The first-order valence-electron chi connectivity index (χ1n) is 11.8. The smallest absolute Gasteiger partial charge is 0.322 e. The zero-order chi connectivity index (χ0) is 27.2. The Morgan fingerprint density at radius 1 is 0.892 bits per heavy atom. The van der Waals surface area contributed by atoms with Crippen LogP contribution in [0.1, 0.15) is 29.8 Å². The first kappa shape index (κ1) is 27.6. The molecule has 0 atom stereocenters. The number of hydrogen-bond acceptors (Lipinski definition) is 4. The van der Waals surface area contributed by atoms with E-state index in [1.54, 1.807) is 53.4 Å². The number of anilines is 3.